The molecule has 4 saturated heterocycles. The van der Waals surface area contributed by atoms with E-state index in [1.54, 1.807) is 24.3 Å². The lowest BCUT2D eigenvalue weighted by Gasteiger charge is -2.34. The first-order chi connectivity index (χ1) is 20.2. The molecule has 4 fully saturated rings. The third kappa shape index (κ3) is 6.83. The number of ether oxygens (including phenoxy) is 7. The number of aromatic nitrogens is 2. The fourth-order valence-corrected chi connectivity index (χ4v) is 5.91. The molecule has 0 N–H and O–H groups in total. The van der Waals surface area contributed by atoms with Gasteiger partial charge < -0.3 is 33.2 Å². The Morgan fingerprint density at radius 3 is 1.95 bits per heavy atom. The van der Waals surface area contributed by atoms with Gasteiger partial charge >= 0.3 is 5.69 Å². The van der Waals surface area contributed by atoms with Crippen LogP contribution in [0, 0.1) is 0 Å². The van der Waals surface area contributed by atoms with E-state index in [0.717, 1.165) is 62.4 Å². The fourth-order valence-electron chi connectivity index (χ4n) is 5.91. The van der Waals surface area contributed by atoms with Gasteiger partial charge in [-0.1, -0.05) is 18.2 Å². The summed E-state index contributed by atoms with van der Waals surface area (Å²) in [7, 11) is 0. The van der Waals surface area contributed by atoms with Crippen LogP contribution in [0.1, 0.15) is 64.0 Å². The highest BCUT2D eigenvalue weighted by Crippen LogP contribution is 2.37. The second-order valence-electron chi connectivity index (χ2n) is 11.0. The van der Waals surface area contributed by atoms with Crippen LogP contribution >= 0.6 is 0 Å². The third-order valence-corrected chi connectivity index (χ3v) is 8.06. The Morgan fingerprint density at radius 1 is 0.732 bits per heavy atom. The summed E-state index contributed by atoms with van der Waals surface area (Å²) in [6.45, 7) is 2.08. The topological polar surface area (TPSA) is 109 Å². The van der Waals surface area contributed by atoms with Crippen molar-refractivity contribution in [3.05, 3.63) is 63.4 Å². The summed E-state index contributed by atoms with van der Waals surface area (Å²) in [5.74, 6) is 0. The Hall–Kier alpha value is -2.38. The van der Waals surface area contributed by atoms with Crippen LogP contribution < -0.4 is 11.2 Å². The minimum absolute atomic E-state index is 0.191. The zero-order chi connectivity index (χ0) is 28.0. The van der Waals surface area contributed by atoms with E-state index in [1.807, 2.05) is 6.07 Å². The van der Waals surface area contributed by atoms with E-state index in [9.17, 15) is 9.59 Å². The van der Waals surface area contributed by atoms with Crippen LogP contribution in [-0.2, 0) is 33.2 Å². The highest BCUT2D eigenvalue weighted by molar-refractivity contribution is 5.30. The smallest absolute Gasteiger partial charge is 0.337 e. The molecule has 0 bridgehead atoms. The first kappa shape index (κ1) is 28.7. The molecule has 4 aliphatic heterocycles. The number of para-hydroxylation sites is 1. The zero-order valence-electron chi connectivity index (χ0n) is 23.3. The van der Waals surface area contributed by atoms with E-state index < -0.39 is 48.4 Å². The SMILES string of the molecule is O=c1ccn([C@@H]2O[C@H](COC3CCCCO3)[C@@H](OC3CCCCO3)[C@H]2OC2CCCCO2)c(=O)n1-c1ccccc1. The summed E-state index contributed by atoms with van der Waals surface area (Å²) in [5, 5.41) is 0. The molecule has 7 atom stereocenters. The Bertz CT molecular complexity index is 1220. The predicted octanol–water partition coefficient (Wildman–Crippen LogP) is 3.26. The molecule has 11 nitrogen and oxygen atoms in total. The fraction of sp³-hybridized carbons (Fsp3) is 0.667. The van der Waals surface area contributed by atoms with Crippen molar-refractivity contribution < 1.29 is 33.2 Å². The van der Waals surface area contributed by atoms with Gasteiger partial charge in [-0.25, -0.2) is 9.36 Å². The third-order valence-electron chi connectivity index (χ3n) is 8.06. The van der Waals surface area contributed by atoms with Crippen molar-refractivity contribution in [2.45, 2.75) is 101 Å². The standard InChI is InChI=1S/C30H40N2O9/c33-23-15-16-31(30(34)32(23)21-10-2-1-3-11-21)29-28(41-26-14-6-9-19-37-26)27(40-25-13-5-8-18-36-25)22(39-29)20-38-24-12-4-7-17-35-24/h1-3,10-11,15-16,22,24-29H,4-9,12-14,17-20H2/t22-,24?,25?,26?,27-,28-,29-/m1/s1. The molecule has 224 valence electrons. The monoisotopic (exact) mass is 572 g/mol. The zero-order valence-corrected chi connectivity index (χ0v) is 23.3. The Balaban J connectivity index is 1.34. The molecule has 0 spiro atoms. The van der Waals surface area contributed by atoms with E-state index in [0.29, 0.717) is 25.5 Å². The van der Waals surface area contributed by atoms with Gasteiger partial charge in [-0.05, 0) is 69.9 Å². The molecule has 1 aromatic heterocycles. The second-order valence-corrected chi connectivity index (χ2v) is 11.0. The van der Waals surface area contributed by atoms with Crippen molar-refractivity contribution in [2.75, 3.05) is 26.4 Å². The van der Waals surface area contributed by atoms with Gasteiger partial charge in [0.2, 0.25) is 0 Å². The molecule has 0 aliphatic carbocycles. The van der Waals surface area contributed by atoms with Crippen LogP contribution in [0.25, 0.3) is 5.69 Å². The van der Waals surface area contributed by atoms with Crippen LogP contribution in [0.4, 0.5) is 0 Å². The highest BCUT2D eigenvalue weighted by Gasteiger charge is 2.50. The maximum Gasteiger partial charge on any atom is 0.337 e. The highest BCUT2D eigenvalue weighted by atomic mass is 16.7. The van der Waals surface area contributed by atoms with Crippen molar-refractivity contribution in [3.63, 3.8) is 0 Å². The minimum Gasteiger partial charge on any atom is -0.353 e. The maximum absolute atomic E-state index is 13.9. The van der Waals surface area contributed by atoms with E-state index in [4.69, 9.17) is 33.2 Å². The van der Waals surface area contributed by atoms with E-state index in [2.05, 4.69) is 0 Å². The van der Waals surface area contributed by atoms with Crippen LogP contribution in [0.15, 0.2) is 52.2 Å². The van der Waals surface area contributed by atoms with Crippen LogP contribution in [0.5, 0.6) is 0 Å². The Morgan fingerprint density at radius 2 is 1.34 bits per heavy atom. The molecule has 0 amide bonds. The molecular formula is C30H40N2O9. The van der Waals surface area contributed by atoms with Crippen molar-refractivity contribution in [2.24, 2.45) is 0 Å². The first-order valence-corrected chi connectivity index (χ1v) is 15.0. The molecule has 0 radical (unpaired) electrons. The van der Waals surface area contributed by atoms with E-state index >= 15 is 0 Å². The average Bonchev–Trinajstić information content (AvgIpc) is 3.34. The van der Waals surface area contributed by atoms with Gasteiger partial charge in [0.05, 0.1) is 12.3 Å². The maximum atomic E-state index is 13.9. The molecule has 5 heterocycles. The van der Waals surface area contributed by atoms with Gasteiger partial charge in [-0.3, -0.25) is 9.36 Å². The normalized spacial score (nSPS) is 32.6. The second kappa shape index (κ2) is 13.7. The Kier molecular flexibility index (Phi) is 9.62. The number of hydrogen-bond acceptors (Lipinski definition) is 9. The van der Waals surface area contributed by atoms with Crippen LogP contribution in [-0.4, -0.2) is 72.7 Å². The molecule has 6 rings (SSSR count). The molecule has 11 heteroatoms. The van der Waals surface area contributed by atoms with E-state index in [1.165, 1.54) is 16.8 Å². The van der Waals surface area contributed by atoms with Gasteiger partial charge in [0.25, 0.3) is 5.56 Å². The van der Waals surface area contributed by atoms with Gasteiger partial charge in [0, 0.05) is 32.1 Å². The lowest BCUT2D eigenvalue weighted by atomic mass is 10.1. The molecular weight excluding hydrogens is 532 g/mol. The van der Waals surface area contributed by atoms with Gasteiger partial charge in [-0.2, -0.15) is 0 Å². The lowest BCUT2D eigenvalue weighted by Crippen LogP contribution is -2.46. The predicted molar refractivity (Wildman–Crippen MR) is 147 cm³/mol. The number of nitrogens with zero attached hydrogens (tertiary/aromatic N) is 2. The summed E-state index contributed by atoms with van der Waals surface area (Å²) in [6, 6.07) is 10.2. The number of benzene rings is 1. The summed E-state index contributed by atoms with van der Waals surface area (Å²) >= 11 is 0. The molecule has 1 aromatic carbocycles. The molecule has 0 saturated carbocycles. The van der Waals surface area contributed by atoms with Crippen molar-refractivity contribution in [1.82, 2.24) is 9.13 Å². The van der Waals surface area contributed by atoms with Gasteiger partial charge in [0.15, 0.2) is 25.1 Å². The van der Waals surface area contributed by atoms with Gasteiger partial charge in [-0.15, -0.1) is 0 Å². The average molecular weight is 573 g/mol. The first-order valence-electron chi connectivity index (χ1n) is 15.0. The van der Waals surface area contributed by atoms with Crippen molar-refractivity contribution in [1.29, 1.82) is 0 Å². The van der Waals surface area contributed by atoms with Crippen molar-refractivity contribution in [3.8, 4) is 5.69 Å². The molecule has 4 aliphatic rings. The van der Waals surface area contributed by atoms with Crippen molar-refractivity contribution >= 4 is 0 Å². The largest absolute Gasteiger partial charge is 0.353 e. The number of rotatable bonds is 9. The summed E-state index contributed by atoms with van der Waals surface area (Å²) in [5.41, 5.74) is -0.487. The van der Waals surface area contributed by atoms with E-state index in [-0.39, 0.29) is 12.9 Å². The summed E-state index contributed by atoms with van der Waals surface area (Å²) in [4.78, 5) is 26.7. The molecule has 2 aromatic rings. The van der Waals surface area contributed by atoms with Crippen LogP contribution in [0.3, 0.4) is 0 Å². The molecule has 3 unspecified atom stereocenters. The summed E-state index contributed by atoms with van der Waals surface area (Å²) < 4.78 is 46.1. The van der Waals surface area contributed by atoms with Gasteiger partial charge in [0.1, 0.15) is 18.3 Å². The summed E-state index contributed by atoms with van der Waals surface area (Å²) in [6.07, 6.45) is 5.76. The minimum atomic E-state index is -0.891. The quantitative estimate of drug-likeness (QED) is 0.447. The lowest BCUT2D eigenvalue weighted by molar-refractivity contribution is -0.251. The molecule has 41 heavy (non-hydrogen) atoms. The Labute approximate surface area is 239 Å². The van der Waals surface area contributed by atoms with Crippen LogP contribution in [0.2, 0.25) is 0 Å². The number of hydrogen-bond donors (Lipinski definition) is 0.